The van der Waals surface area contributed by atoms with E-state index in [1.54, 1.807) is 31.3 Å². The Morgan fingerprint density at radius 2 is 1.81 bits per heavy atom. The van der Waals surface area contributed by atoms with Crippen LogP contribution >= 0.6 is 0 Å². The lowest BCUT2D eigenvalue weighted by atomic mass is 10.2. The fourth-order valence-corrected chi connectivity index (χ4v) is 3.91. The zero-order valence-corrected chi connectivity index (χ0v) is 21.1. The summed E-state index contributed by atoms with van der Waals surface area (Å²) in [6.45, 7) is 6.34. The van der Waals surface area contributed by atoms with Gasteiger partial charge in [-0.3, -0.25) is 9.67 Å². The Balaban J connectivity index is 1.71. The summed E-state index contributed by atoms with van der Waals surface area (Å²) in [5, 5.41) is 16.7. The van der Waals surface area contributed by atoms with Crippen molar-refractivity contribution in [2.75, 3.05) is 32.2 Å². The van der Waals surface area contributed by atoms with Gasteiger partial charge in [0.2, 0.25) is 0 Å². The first-order valence-corrected chi connectivity index (χ1v) is 11.9. The fourth-order valence-electron chi connectivity index (χ4n) is 3.91. The van der Waals surface area contributed by atoms with Gasteiger partial charge in [-0.1, -0.05) is 13.8 Å². The molecule has 0 atom stereocenters. The van der Waals surface area contributed by atoms with Crippen molar-refractivity contribution in [3.05, 3.63) is 55.0 Å². The van der Waals surface area contributed by atoms with E-state index in [0.717, 1.165) is 58.3 Å². The molecule has 0 aliphatic heterocycles. The van der Waals surface area contributed by atoms with Gasteiger partial charge in [-0.15, -0.1) is 0 Å². The second-order valence-corrected chi connectivity index (χ2v) is 8.66. The Kier molecular flexibility index (Phi) is 7.98. The van der Waals surface area contributed by atoms with Crippen molar-refractivity contribution < 1.29 is 9.47 Å². The van der Waals surface area contributed by atoms with Gasteiger partial charge in [-0.25, -0.2) is 4.98 Å². The third-order valence-electron chi connectivity index (χ3n) is 5.76. The molecule has 9 heteroatoms. The molecule has 1 N–H and O–H groups in total. The Hall–Kier alpha value is -4.16. The number of anilines is 2. The van der Waals surface area contributed by atoms with Gasteiger partial charge in [-0.2, -0.15) is 10.4 Å². The summed E-state index contributed by atoms with van der Waals surface area (Å²) in [5.74, 6) is 1.45. The largest absolute Gasteiger partial charge is 0.497 e. The zero-order chi connectivity index (χ0) is 25.5. The molecule has 0 amide bonds. The van der Waals surface area contributed by atoms with Crippen LogP contribution in [0.1, 0.15) is 20.3 Å². The molecule has 9 nitrogen and oxygen atoms in total. The molecule has 0 unspecified atom stereocenters. The first kappa shape index (κ1) is 24.9. The summed E-state index contributed by atoms with van der Waals surface area (Å²) in [7, 11) is 3.30. The van der Waals surface area contributed by atoms with Crippen LogP contribution in [0.25, 0.3) is 22.3 Å². The highest BCUT2D eigenvalue weighted by molar-refractivity contribution is 5.82. The molecule has 0 radical (unpaired) electrons. The van der Waals surface area contributed by atoms with Crippen LogP contribution in [0, 0.1) is 11.3 Å². The van der Waals surface area contributed by atoms with E-state index in [1.165, 1.54) is 0 Å². The van der Waals surface area contributed by atoms with Gasteiger partial charge in [-0.05, 0) is 18.2 Å². The number of nitriles is 1. The molecular weight excluding hydrogens is 454 g/mol. The van der Waals surface area contributed by atoms with E-state index in [2.05, 4.69) is 46.3 Å². The van der Waals surface area contributed by atoms with Gasteiger partial charge in [0.1, 0.15) is 11.5 Å². The Morgan fingerprint density at radius 1 is 1.03 bits per heavy atom. The lowest BCUT2D eigenvalue weighted by Gasteiger charge is -2.27. The molecule has 0 spiro atoms. The van der Waals surface area contributed by atoms with Crippen molar-refractivity contribution in [1.29, 1.82) is 5.26 Å². The van der Waals surface area contributed by atoms with Crippen LogP contribution in [0.4, 0.5) is 11.4 Å². The number of aryl methyl sites for hydroxylation is 1. The second-order valence-electron chi connectivity index (χ2n) is 8.66. The van der Waals surface area contributed by atoms with Crippen LogP contribution in [0.2, 0.25) is 0 Å². The minimum Gasteiger partial charge on any atom is -0.497 e. The second kappa shape index (κ2) is 11.5. The summed E-state index contributed by atoms with van der Waals surface area (Å²) in [4.78, 5) is 11.7. The summed E-state index contributed by atoms with van der Waals surface area (Å²) < 4.78 is 12.8. The molecule has 186 valence electrons. The maximum Gasteiger partial charge on any atom is 0.124 e. The molecule has 2 aromatic carbocycles. The number of methoxy groups -OCH3 is 2. The third kappa shape index (κ3) is 5.90. The van der Waals surface area contributed by atoms with Crippen molar-refractivity contribution in [2.24, 2.45) is 0 Å². The number of nitrogens with zero attached hydrogens (tertiary/aromatic N) is 6. The normalized spacial score (nSPS) is 11.0. The number of benzene rings is 2. The smallest absolute Gasteiger partial charge is 0.124 e. The Morgan fingerprint density at radius 3 is 2.50 bits per heavy atom. The van der Waals surface area contributed by atoms with Crippen LogP contribution in [-0.4, -0.2) is 53.1 Å². The molecule has 0 saturated heterocycles. The van der Waals surface area contributed by atoms with Crippen LogP contribution < -0.4 is 19.7 Å². The minimum absolute atomic E-state index is 0.380. The van der Waals surface area contributed by atoms with Gasteiger partial charge in [0.25, 0.3) is 0 Å². The predicted molar refractivity (Wildman–Crippen MR) is 141 cm³/mol. The Labute approximate surface area is 211 Å². The number of aromatic nitrogens is 4. The van der Waals surface area contributed by atoms with Gasteiger partial charge >= 0.3 is 0 Å². The highest BCUT2D eigenvalue weighted by atomic mass is 16.5. The van der Waals surface area contributed by atoms with E-state index in [-0.39, 0.29) is 0 Å². The summed E-state index contributed by atoms with van der Waals surface area (Å²) in [6, 6.07) is 14.5. The number of rotatable bonds is 11. The van der Waals surface area contributed by atoms with E-state index in [4.69, 9.17) is 19.7 Å². The fraction of sp³-hybridized carbons (Fsp3) is 0.333. The van der Waals surface area contributed by atoms with Crippen molar-refractivity contribution >= 4 is 22.4 Å². The van der Waals surface area contributed by atoms with E-state index < -0.39 is 0 Å². The lowest BCUT2D eigenvalue weighted by molar-refractivity contribution is 0.394. The topological polar surface area (TPSA) is 101 Å². The number of nitrogens with one attached hydrogen (secondary N) is 1. The molecule has 4 rings (SSSR count). The van der Waals surface area contributed by atoms with E-state index in [0.29, 0.717) is 19.0 Å². The number of fused-ring (bicyclic) bond motifs is 1. The Bertz CT molecular complexity index is 1340. The molecular formula is C27H31N7O2. The number of hydrogen-bond donors (Lipinski definition) is 1. The van der Waals surface area contributed by atoms with Gasteiger partial charge in [0, 0.05) is 60.5 Å². The SMILES string of the molecule is COc1cc(OC)cc(N(CCNC(C)C)c2ccc3ncc(-c4cnn(CCC#N)c4)nc3c2)c1. The summed E-state index contributed by atoms with van der Waals surface area (Å²) in [5.41, 5.74) is 5.13. The third-order valence-corrected chi connectivity index (χ3v) is 5.76. The maximum absolute atomic E-state index is 8.83. The minimum atomic E-state index is 0.380. The van der Waals surface area contributed by atoms with E-state index in [1.807, 2.05) is 36.5 Å². The molecule has 0 bridgehead atoms. The standard InChI is InChI=1S/C27H31N7O2/c1-19(2)29-9-11-34(22-12-23(35-3)15-24(13-22)36-4)21-6-7-25-26(14-21)32-27(17-30-25)20-16-31-33(18-20)10-5-8-28/h6-7,12-19,29H,5,9-11H2,1-4H3. The maximum atomic E-state index is 8.83. The monoisotopic (exact) mass is 485 g/mol. The number of hydrogen-bond acceptors (Lipinski definition) is 8. The van der Waals surface area contributed by atoms with Crippen LogP contribution in [0.3, 0.4) is 0 Å². The molecule has 4 aromatic rings. The van der Waals surface area contributed by atoms with Crippen molar-refractivity contribution in [2.45, 2.75) is 32.9 Å². The number of ether oxygens (including phenoxy) is 2. The summed E-state index contributed by atoms with van der Waals surface area (Å²) in [6.07, 6.45) is 5.81. The molecule has 0 aliphatic carbocycles. The molecule has 2 aromatic heterocycles. The lowest BCUT2D eigenvalue weighted by Crippen LogP contribution is -2.32. The van der Waals surface area contributed by atoms with Crippen LogP contribution in [0.15, 0.2) is 55.0 Å². The molecule has 0 saturated carbocycles. The molecule has 0 fully saturated rings. The van der Waals surface area contributed by atoms with Crippen molar-refractivity contribution in [1.82, 2.24) is 25.1 Å². The van der Waals surface area contributed by atoms with Gasteiger partial charge in [0.15, 0.2) is 0 Å². The average molecular weight is 486 g/mol. The van der Waals surface area contributed by atoms with Gasteiger partial charge < -0.3 is 19.7 Å². The average Bonchev–Trinajstić information content (AvgIpc) is 3.38. The van der Waals surface area contributed by atoms with Crippen LogP contribution in [-0.2, 0) is 6.54 Å². The van der Waals surface area contributed by atoms with Crippen LogP contribution in [0.5, 0.6) is 11.5 Å². The quantitative estimate of drug-likeness (QED) is 0.330. The van der Waals surface area contributed by atoms with E-state index >= 15 is 0 Å². The first-order valence-electron chi connectivity index (χ1n) is 11.9. The molecule has 36 heavy (non-hydrogen) atoms. The highest BCUT2D eigenvalue weighted by Gasteiger charge is 2.15. The highest BCUT2D eigenvalue weighted by Crippen LogP contribution is 2.34. The van der Waals surface area contributed by atoms with Gasteiger partial charge in [0.05, 0.1) is 62.4 Å². The zero-order valence-electron chi connectivity index (χ0n) is 21.1. The first-order chi connectivity index (χ1) is 17.5. The van der Waals surface area contributed by atoms with Crippen molar-refractivity contribution in [3.8, 4) is 28.8 Å². The predicted octanol–water partition coefficient (Wildman–Crippen LogP) is 4.56. The van der Waals surface area contributed by atoms with Crippen molar-refractivity contribution in [3.63, 3.8) is 0 Å². The van der Waals surface area contributed by atoms with E-state index in [9.17, 15) is 0 Å². The molecule has 0 aliphatic rings. The summed E-state index contributed by atoms with van der Waals surface area (Å²) >= 11 is 0. The molecule has 2 heterocycles.